The van der Waals surface area contributed by atoms with Crippen molar-refractivity contribution in [2.24, 2.45) is 0 Å². The zero-order chi connectivity index (χ0) is 11.1. The van der Waals surface area contributed by atoms with Crippen LogP contribution in [-0.4, -0.2) is 59.7 Å². The fourth-order valence-corrected chi connectivity index (χ4v) is 2.61. The van der Waals surface area contributed by atoms with Gasteiger partial charge in [-0.15, -0.1) is 0 Å². The Morgan fingerprint density at radius 2 is 2.20 bits per heavy atom. The first kappa shape index (κ1) is 12.8. The summed E-state index contributed by atoms with van der Waals surface area (Å²) in [6, 6.07) is -0.385. The Hall–Kier alpha value is -0.260. The normalized spacial score (nSPS) is 20.1. The van der Waals surface area contributed by atoms with E-state index < -0.39 is 5.97 Å². The SMILES string of the molecule is CCC(NCCN1CCSCC1)C(=O)O. The molecule has 1 rings (SSSR count). The van der Waals surface area contributed by atoms with Gasteiger partial charge in [0.1, 0.15) is 6.04 Å². The summed E-state index contributed by atoms with van der Waals surface area (Å²) in [5, 5.41) is 11.9. The predicted molar refractivity (Wildman–Crippen MR) is 63.5 cm³/mol. The van der Waals surface area contributed by atoms with Gasteiger partial charge in [-0.3, -0.25) is 4.79 Å². The van der Waals surface area contributed by atoms with Crippen molar-refractivity contribution in [1.82, 2.24) is 10.2 Å². The van der Waals surface area contributed by atoms with Crippen molar-refractivity contribution in [2.75, 3.05) is 37.7 Å². The van der Waals surface area contributed by atoms with Crippen LogP contribution in [0.1, 0.15) is 13.3 Å². The lowest BCUT2D eigenvalue weighted by atomic mass is 10.2. The summed E-state index contributed by atoms with van der Waals surface area (Å²) in [6.07, 6.45) is 0.644. The molecule has 1 unspecified atom stereocenters. The van der Waals surface area contributed by atoms with Crippen LogP contribution in [0.5, 0.6) is 0 Å². The Morgan fingerprint density at radius 1 is 1.53 bits per heavy atom. The molecule has 1 atom stereocenters. The lowest BCUT2D eigenvalue weighted by molar-refractivity contribution is -0.139. The third-order valence-corrected chi connectivity index (χ3v) is 3.57. The molecule has 0 aliphatic carbocycles. The fraction of sp³-hybridized carbons (Fsp3) is 0.900. The van der Waals surface area contributed by atoms with Gasteiger partial charge < -0.3 is 15.3 Å². The van der Waals surface area contributed by atoms with Gasteiger partial charge in [-0.1, -0.05) is 6.92 Å². The summed E-state index contributed by atoms with van der Waals surface area (Å²) in [7, 11) is 0. The Bertz CT molecular complexity index is 196. The zero-order valence-corrected chi connectivity index (χ0v) is 10.1. The second-order valence-corrected chi connectivity index (χ2v) is 4.93. The van der Waals surface area contributed by atoms with Crippen LogP contribution < -0.4 is 5.32 Å². The summed E-state index contributed by atoms with van der Waals surface area (Å²) < 4.78 is 0. The van der Waals surface area contributed by atoms with Crippen molar-refractivity contribution in [1.29, 1.82) is 0 Å². The van der Waals surface area contributed by atoms with Crippen LogP contribution in [0.2, 0.25) is 0 Å². The summed E-state index contributed by atoms with van der Waals surface area (Å²) in [5.41, 5.74) is 0. The first-order valence-electron chi connectivity index (χ1n) is 5.50. The number of hydrogen-bond donors (Lipinski definition) is 2. The summed E-state index contributed by atoms with van der Waals surface area (Å²) in [4.78, 5) is 13.1. The molecule has 88 valence electrons. The maximum atomic E-state index is 10.7. The van der Waals surface area contributed by atoms with Gasteiger partial charge in [0.25, 0.3) is 0 Å². The number of carboxylic acid groups (broad SMARTS) is 1. The standard InChI is InChI=1S/C10H20N2O2S/c1-2-9(10(13)14)11-3-4-12-5-7-15-8-6-12/h9,11H,2-8H2,1H3,(H,13,14). The van der Waals surface area contributed by atoms with E-state index in [2.05, 4.69) is 10.2 Å². The minimum absolute atomic E-state index is 0.385. The van der Waals surface area contributed by atoms with E-state index in [1.165, 1.54) is 11.5 Å². The van der Waals surface area contributed by atoms with Gasteiger partial charge in [0.2, 0.25) is 0 Å². The number of nitrogens with one attached hydrogen (secondary N) is 1. The number of hydrogen-bond acceptors (Lipinski definition) is 4. The molecule has 0 aromatic rings. The number of carbonyl (C=O) groups is 1. The maximum Gasteiger partial charge on any atom is 0.320 e. The highest BCUT2D eigenvalue weighted by Crippen LogP contribution is 2.07. The molecule has 5 heteroatoms. The van der Waals surface area contributed by atoms with E-state index in [-0.39, 0.29) is 6.04 Å². The molecule has 0 aromatic carbocycles. The minimum atomic E-state index is -0.744. The van der Waals surface area contributed by atoms with Crippen molar-refractivity contribution in [2.45, 2.75) is 19.4 Å². The van der Waals surface area contributed by atoms with Gasteiger partial charge >= 0.3 is 5.97 Å². The van der Waals surface area contributed by atoms with Crippen LogP contribution >= 0.6 is 11.8 Å². The number of rotatable bonds is 6. The molecule has 0 spiro atoms. The third kappa shape index (κ3) is 4.86. The second kappa shape index (κ2) is 7.09. The van der Waals surface area contributed by atoms with E-state index in [0.717, 1.165) is 26.2 Å². The van der Waals surface area contributed by atoms with Crippen LogP contribution in [0.4, 0.5) is 0 Å². The number of thioether (sulfide) groups is 1. The quantitative estimate of drug-likeness (QED) is 0.698. The van der Waals surface area contributed by atoms with E-state index in [0.29, 0.717) is 6.42 Å². The smallest absolute Gasteiger partial charge is 0.320 e. The molecule has 1 saturated heterocycles. The minimum Gasteiger partial charge on any atom is -0.480 e. The molecule has 1 heterocycles. The van der Waals surface area contributed by atoms with Gasteiger partial charge in [-0.05, 0) is 6.42 Å². The summed E-state index contributed by atoms with van der Waals surface area (Å²) in [6.45, 7) is 5.90. The first-order chi connectivity index (χ1) is 7.24. The monoisotopic (exact) mass is 232 g/mol. The van der Waals surface area contributed by atoms with Crippen molar-refractivity contribution in [3.8, 4) is 0 Å². The molecule has 2 N–H and O–H groups in total. The molecule has 1 aliphatic rings. The van der Waals surface area contributed by atoms with E-state index >= 15 is 0 Å². The van der Waals surface area contributed by atoms with Crippen molar-refractivity contribution in [3.05, 3.63) is 0 Å². The van der Waals surface area contributed by atoms with Gasteiger partial charge in [0.05, 0.1) is 0 Å². The van der Waals surface area contributed by atoms with E-state index in [9.17, 15) is 4.79 Å². The lowest BCUT2D eigenvalue weighted by Gasteiger charge is -2.26. The van der Waals surface area contributed by atoms with E-state index in [4.69, 9.17) is 5.11 Å². The van der Waals surface area contributed by atoms with Gasteiger partial charge in [0.15, 0.2) is 0 Å². The largest absolute Gasteiger partial charge is 0.480 e. The molecule has 0 aromatic heterocycles. The van der Waals surface area contributed by atoms with Crippen LogP contribution in [0, 0.1) is 0 Å². The van der Waals surface area contributed by atoms with Crippen molar-refractivity contribution >= 4 is 17.7 Å². The molecule has 15 heavy (non-hydrogen) atoms. The van der Waals surface area contributed by atoms with Crippen LogP contribution in [0.15, 0.2) is 0 Å². The van der Waals surface area contributed by atoms with Crippen LogP contribution in [-0.2, 0) is 4.79 Å². The fourth-order valence-electron chi connectivity index (χ4n) is 1.63. The van der Waals surface area contributed by atoms with E-state index in [1.54, 1.807) is 0 Å². The molecule has 0 saturated carbocycles. The number of nitrogens with zero attached hydrogens (tertiary/aromatic N) is 1. The van der Waals surface area contributed by atoms with Gasteiger partial charge in [-0.2, -0.15) is 11.8 Å². The third-order valence-electron chi connectivity index (χ3n) is 2.63. The van der Waals surface area contributed by atoms with E-state index in [1.807, 2.05) is 18.7 Å². The molecular weight excluding hydrogens is 212 g/mol. The number of carboxylic acids is 1. The lowest BCUT2D eigenvalue weighted by Crippen LogP contribution is -2.43. The molecule has 0 radical (unpaired) electrons. The number of aliphatic carboxylic acids is 1. The Morgan fingerprint density at radius 3 is 2.73 bits per heavy atom. The predicted octanol–water partition coefficient (Wildman–Crippen LogP) is 0.488. The van der Waals surface area contributed by atoms with Crippen LogP contribution in [0.25, 0.3) is 0 Å². The van der Waals surface area contributed by atoms with Gasteiger partial charge in [0, 0.05) is 37.7 Å². The molecular formula is C10H20N2O2S. The molecule has 1 aliphatic heterocycles. The highest BCUT2D eigenvalue weighted by molar-refractivity contribution is 7.99. The zero-order valence-electron chi connectivity index (χ0n) is 9.24. The Labute approximate surface area is 95.4 Å². The average molecular weight is 232 g/mol. The van der Waals surface area contributed by atoms with Crippen LogP contribution in [0.3, 0.4) is 0 Å². The highest BCUT2D eigenvalue weighted by atomic mass is 32.2. The average Bonchev–Trinajstić information content (AvgIpc) is 2.25. The summed E-state index contributed by atoms with van der Waals surface area (Å²) in [5.74, 6) is 1.67. The topological polar surface area (TPSA) is 52.6 Å². The maximum absolute atomic E-state index is 10.7. The molecule has 4 nitrogen and oxygen atoms in total. The molecule has 0 bridgehead atoms. The Kier molecular flexibility index (Phi) is 6.05. The van der Waals surface area contributed by atoms with Gasteiger partial charge in [-0.25, -0.2) is 0 Å². The van der Waals surface area contributed by atoms with Crippen molar-refractivity contribution in [3.63, 3.8) is 0 Å². The highest BCUT2D eigenvalue weighted by Gasteiger charge is 2.15. The first-order valence-corrected chi connectivity index (χ1v) is 6.65. The Balaban J connectivity index is 2.11. The molecule has 1 fully saturated rings. The molecule has 0 amide bonds. The second-order valence-electron chi connectivity index (χ2n) is 3.71. The van der Waals surface area contributed by atoms with Crippen molar-refractivity contribution < 1.29 is 9.90 Å². The summed E-state index contributed by atoms with van der Waals surface area (Å²) >= 11 is 1.99.